The number of ether oxygens (including phenoxy) is 1. The molecule has 0 heterocycles. The topological polar surface area (TPSA) is 9.23 Å². The molecule has 0 amide bonds. The summed E-state index contributed by atoms with van der Waals surface area (Å²) in [5.41, 5.74) is 8.63. The quantitative estimate of drug-likeness (QED) is 0.348. The molecule has 146 valence electrons. The Morgan fingerprint density at radius 3 is 0.931 bits per heavy atom. The van der Waals surface area contributed by atoms with Crippen molar-refractivity contribution in [2.24, 2.45) is 0 Å². The second-order valence-corrected chi connectivity index (χ2v) is 6.75. The van der Waals surface area contributed by atoms with Crippen molar-refractivity contribution in [2.75, 3.05) is 7.11 Å². The Bertz CT molecular complexity index is 1010. The molecule has 0 aromatic heterocycles. The number of hydrogen-bond donors (Lipinski definition) is 0. The SMILES string of the molecule is CC.COc1ccc(-c2ccc(-c3ccc(-c4ccc(C)cc4)cc3)cc2)cc1. The summed E-state index contributed by atoms with van der Waals surface area (Å²) in [7, 11) is 1.69. The standard InChI is InChI=1S/C26H22O.C2H6/c1-19-3-5-20(6-4-19)21-7-9-22(10-8-21)23-11-13-24(14-12-23)25-15-17-26(27-2)18-16-25;1-2/h3-18H,1-2H3;1-2H3. The Kier molecular flexibility index (Phi) is 6.86. The molecule has 4 rings (SSSR count). The van der Waals surface area contributed by atoms with Crippen LogP contribution >= 0.6 is 0 Å². The molecule has 0 saturated carbocycles. The van der Waals surface area contributed by atoms with Gasteiger partial charge >= 0.3 is 0 Å². The maximum atomic E-state index is 5.23. The van der Waals surface area contributed by atoms with Crippen LogP contribution in [-0.4, -0.2) is 7.11 Å². The highest BCUT2D eigenvalue weighted by atomic mass is 16.5. The van der Waals surface area contributed by atoms with Gasteiger partial charge in [0.15, 0.2) is 0 Å². The van der Waals surface area contributed by atoms with Gasteiger partial charge < -0.3 is 4.74 Å². The van der Waals surface area contributed by atoms with Gasteiger partial charge in [-0.05, 0) is 52.4 Å². The summed E-state index contributed by atoms with van der Waals surface area (Å²) in [6.07, 6.45) is 0. The van der Waals surface area contributed by atoms with E-state index < -0.39 is 0 Å². The van der Waals surface area contributed by atoms with Gasteiger partial charge in [-0.3, -0.25) is 0 Å². The van der Waals surface area contributed by atoms with Crippen molar-refractivity contribution in [3.8, 4) is 39.1 Å². The van der Waals surface area contributed by atoms with Gasteiger partial charge in [0.2, 0.25) is 0 Å². The largest absolute Gasteiger partial charge is 0.497 e. The minimum atomic E-state index is 0.879. The third kappa shape index (κ3) is 4.94. The zero-order chi connectivity index (χ0) is 20.6. The lowest BCUT2D eigenvalue weighted by atomic mass is 9.98. The Morgan fingerprint density at radius 1 is 0.414 bits per heavy atom. The van der Waals surface area contributed by atoms with E-state index in [1.54, 1.807) is 7.11 Å². The molecule has 4 aromatic carbocycles. The lowest BCUT2D eigenvalue weighted by molar-refractivity contribution is 0.415. The Labute approximate surface area is 174 Å². The molecule has 1 nitrogen and oxygen atoms in total. The molecule has 0 bridgehead atoms. The van der Waals surface area contributed by atoms with Gasteiger partial charge in [-0.1, -0.05) is 104 Å². The second-order valence-electron chi connectivity index (χ2n) is 6.75. The second kappa shape index (κ2) is 9.75. The van der Waals surface area contributed by atoms with E-state index in [9.17, 15) is 0 Å². The van der Waals surface area contributed by atoms with E-state index >= 15 is 0 Å². The van der Waals surface area contributed by atoms with Crippen molar-refractivity contribution in [2.45, 2.75) is 20.8 Å². The van der Waals surface area contributed by atoms with Gasteiger partial charge in [-0.2, -0.15) is 0 Å². The molecule has 29 heavy (non-hydrogen) atoms. The van der Waals surface area contributed by atoms with Crippen LogP contribution in [0, 0.1) is 6.92 Å². The van der Waals surface area contributed by atoms with Crippen LogP contribution in [0.5, 0.6) is 5.75 Å². The lowest BCUT2D eigenvalue weighted by Gasteiger charge is -2.08. The van der Waals surface area contributed by atoms with Gasteiger partial charge in [0.05, 0.1) is 7.11 Å². The van der Waals surface area contributed by atoms with Crippen LogP contribution in [-0.2, 0) is 0 Å². The van der Waals surface area contributed by atoms with Crippen molar-refractivity contribution in [3.63, 3.8) is 0 Å². The van der Waals surface area contributed by atoms with Crippen molar-refractivity contribution >= 4 is 0 Å². The zero-order valence-corrected chi connectivity index (χ0v) is 17.6. The van der Waals surface area contributed by atoms with Gasteiger partial charge in [0, 0.05) is 0 Å². The molecular formula is C28H28O. The van der Waals surface area contributed by atoms with Crippen molar-refractivity contribution < 1.29 is 4.74 Å². The third-order valence-corrected chi connectivity index (χ3v) is 4.91. The van der Waals surface area contributed by atoms with Crippen molar-refractivity contribution in [1.82, 2.24) is 0 Å². The maximum absolute atomic E-state index is 5.23. The maximum Gasteiger partial charge on any atom is 0.118 e. The molecule has 0 aliphatic heterocycles. The van der Waals surface area contributed by atoms with Gasteiger partial charge in [0.1, 0.15) is 5.75 Å². The molecule has 0 radical (unpaired) electrons. The molecule has 0 aliphatic carbocycles. The van der Waals surface area contributed by atoms with E-state index in [-0.39, 0.29) is 0 Å². The van der Waals surface area contributed by atoms with E-state index in [0.717, 1.165) is 5.75 Å². The molecule has 0 atom stereocenters. The fourth-order valence-corrected chi connectivity index (χ4v) is 3.24. The molecule has 0 N–H and O–H groups in total. The van der Waals surface area contributed by atoms with Crippen LogP contribution in [0.15, 0.2) is 97.1 Å². The molecule has 4 aromatic rings. The molecule has 0 fully saturated rings. The summed E-state index contributed by atoms with van der Waals surface area (Å²) in [5.74, 6) is 0.879. The van der Waals surface area contributed by atoms with Crippen LogP contribution in [0.4, 0.5) is 0 Å². The molecule has 0 saturated heterocycles. The number of rotatable bonds is 4. The number of aryl methyl sites for hydroxylation is 1. The fourth-order valence-electron chi connectivity index (χ4n) is 3.24. The Balaban J connectivity index is 0.00000117. The van der Waals surface area contributed by atoms with Crippen LogP contribution in [0.3, 0.4) is 0 Å². The predicted octanol–water partition coefficient (Wildman–Crippen LogP) is 8.03. The van der Waals surface area contributed by atoms with Crippen LogP contribution in [0.25, 0.3) is 33.4 Å². The summed E-state index contributed by atoms with van der Waals surface area (Å²) in [5, 5.41) is 0. The number of benzene rings is 4. The molecule has 0 spiro atoms. The van der Waals surface area contributed by atoms with Gasteiger partial charge in [-0.15, -0.1) is 0 Å². The van der Waals surface area contributed by atoms with E-state index in [0.29, 0.717) is 0 Å². The van der Waals surface area contributed by atoms with Gasteiger partial charge in [-0.25, -0.2) is 0 Å². The van der Waals surface area contributed by atoms with Crippen LogP contribution in [0.1, 0.15) is 19.4 Å². The van der Waals surface area contributed by atoms with Gasteiger partial charge in [0.25, 0.3) is 0 Å². The number of methoxy groups -OCH3 is 1. The number of hydrogen-bond acceptors (Lipinski definition) is 1. The highest BCUT2D eigenvalue weighted by molar-refractivity contribution is 5.73. The van der Waals surface area contributed by atoms with E-state index in [1.807, 2.05) is 26.0 Å². The van der Waals surface area contributed by atoms with E-state index in [1.165, 1.54) is 38.9 Å². The fraction of sp³-hybridized carbons (Fsp3) is 0.143. The first-order valence-electron chi connectivity index (χ1n) is 10.1. The summed E-state index contributed by atoms with van der Waals surface area (Å²) in [6.45, 7) is 6.11. The first kappa shape index (κ1) is 20.4. The van der Waals surface area contributed by atoms with Crippen LogP contribution in [0.2, 0.25) is 0 Å². The van der Waals surface area contributed by atoms with Crippen molar-refractivity contribution in [1.29, 1.82) is 0 Å². The minimum absolute atomic E-state index is 0.879. The molecule has 1 heteroatoms. The average molecular weight is 381 g/mol. The Morgan fingerprint density at radius 2 is 0.655 bits per heavy atom. The summed E-state index contributed by atoms with van der Waals surface area (Å²) in [4.78, 5) is 0. The van der Waals surface area contributed by atoms with E-state index in [2.05, 4.69) is 91.9 Å². The van der Waals surface area contributed by atoms with Crippen LogP contribution < -0.4 is 4.74 Å². The summed E-state index contributed by atoms with van der Waals surface area (Å²) in [6, 6.07) is 34.3. The molecule has 0 aliphatic rings. The smallest absolute Gasteiger partial charge is 0.118 e. The first-order chi connectivity index (χ1) is 14.2. The third-order valence-electron chi connectivity index (χ3n) is 4.91. The highest BCUT2D eigenvalue weighted by Crippen LogP contribution is 2.28. The molecule has 0 unspecified atom stereocenters. The highest BCUT2D eigenvalue weighted by Gasteiger charge is 2.03. The summed E-state index contributed by atoms with van der Waals surface area (Å²) >= 11 is 0. The average Bonchev–Trinajstić information content (AvgIpc) is 2.81. The van der Waals surface area contributed by atoms with E-state index in [4.69, 9.17) is 4.74 Å². The zero-order valence-electron chi connectivity index (χ0n) is 17.6. The minimum Gasteiger partial charge on any atom is -0.497 e. The lowest BCUT2D eigenvalue weighted by Crippen LogP contribution is -1.84. The molecular weight excluding hydrogens is 352 g/mol. The van der Waals surface area contributed by atoms with Crippen molar-refractivity contribution in [3.05, 3.63) is 103 Å². The monoisotopic (exact) mass is 380 g/mol. The first-order valence-corrected chi connectivity index (χ1v) is 10.1. The Hall–Kier alpha value is -3.32. The predicted molar refractivity (Wildman–Crippen MR) is 125 cm³/mol. The summed E-state index contributed by atoms with van der Waals surface area (Å²) < 4.78 is 5.23. The normalized spacial score (nSPS) is 10.1.